The maximum atomic E-state index is 6.28. The van der Waals surface area contributed by atoms with Gasteiger partial charge in [0.05, 0.1) is 11.4 Å². The molecule has 0 aliphatic heterocycles. The lowest BCUT2D eigenvalue weighted by molar-refractivity contribution is 0.690. The predicted octanol–water partition coefficient (Wildman–Crippen LogP) is 1.98. The highest BCUT2D eigenvalue weighted by Gasteiger charge is 2.13. The second-order valence-corrected chi connectivity index (χ2v) is 4.41. The standard InChI is InChI=1S/C14H18N4/c1-3-14-12(7-10(2)17-18-14)13(15)8-11-5-4-6-16-9-11/h4-7,9,13H,3,8,15H2,1-2H3. The van der Waals surface area contributed by atoms with E-state index < -0.39 is 0 Å². The normalized spacial score (nSPS) is 12.4. The molecule has 0 saturated heterocycles. The van der Waals surface area contributed by atoms with Crippen LogP contribution in [0.1, 0.15) is 35.5 Å². The summed E-state index contributed by atoms with van der Waals surface area (Å²) < 4.78 is 0. The van der Waals surface area contributed by atoms with Gasteiger partial charge < -0.3 is 5.73 Å². The first-order chi connectivity index (χ1) is 8.70. The van der Waals surface area contributed by atoms with Crippen LogP contribution in [-0.2, 0) is 12.8 Å². The first-order valence-electron chi connectivity index (χ1n) is 6.18. The SMILES string of the molecule is CCc1nnc(C)cc1C(N)Cc1cccnc1. The van der Waals surface area contributed by atoms with Crippen LogP contribution in [0.5, 0.6) is 0 Å². The van der Waals surface area contributed by atoms with E-state index in [1.807, 2.05) is 31.3 Å². The molecular formula is C14H18N4. The molecule has 0 fully saturated rings. The molecule has 2 aromatic rings. The molecule has 1 unspecified atom stereocenters. The minimum Gasteiger partial charge on any atom is -0.324 e. The van der Waals surface area contributed by atoms with Gasteiger partial charge in [-0.1, -0.05) is 13.0 Å². The maximum Gasteiger partial charge on any atom is 0.0676 e. The lowest BCUT2D eigenvalue weighted by Crippen LogP contribution is -2.17. The van der Waals surface area contributed by atoms with Crippen molar-refractivity contribution >= 4 is 0 Å². The summed E-state index contributed by atoms with van der Waals surface area (Å²) >= 11 is 0. The molecule has 2 N–H and O–H groups in total. The number of aryl methyl sites for hydroxylation is 2. The Kier molecular flexibility index (Phi) is 3.99. The Morgan fingerprint density at radius 2 is 2.17 bits per heavy atom. The summed E-state index contributed by atoms with van der Waals surface area (Å²) in [6.45, 7) is 4.01. The Bertz CT molecular complexity index is 510. The number of nitrogens with zero attached hydrogens (tertiary/aromatic N) is 3. The van der Waals surface area contributed by atoms with Gasteiger partial charge >= 0.3 is 0 Å². The second kappa shape index (κ2) is 5.69. The second-order valence-electron chi connectivity index (χ2n) is 4.41. The molecule has 18 heavy (non-hydrogen) atoms. The Morgan fingerprint density at radius 1 is 1.33 bits per heavy atom. The first kappa shape index (κ1) is 12.6. The summed E-state index contributed by atoms with van der Waals surface area (Å²) in [7, 11) is 0. The fourth-order valence-electron chi connectivity index (χ4n) is 2.01. The lowest BCUT2D eigenvalue weighted by atomic mass is 9.98. The number of pyridine rings is 1. The van der Waals surface area contributed by atoms with Gasteiger partial charge in [-0.2, -0.15) is 10.2 Å². The van der Waals surface area contributed by atoms with Crippen LogP contribution in [0.15, 0.2) is 30.6 Å². The summed E-state index contributed by atoms with van der Waals surface area (Å²) in [6.07, 6.45) is 5.24. The number of hydrogen-bond acceptors (Lipinski definition) is 4. The van der Waals surface area contributed by atoms with Gasteiger partial charge in [-0.15, -0.1) is 0 Å². The molecule has 0 amide bonds. The van der Waals surface area contributed by atoms with Crippen molar-refractivity contribution in [3.63, 3.8) is 0 Å². The highest BCUT2D eigenvalue weighted by molar-refractivity contribution is 5.26. The average molecular weight is 242 g/mol. The van der Waals surface area contributed by atoms with E-state index >= 15 is 0 Å². The van der Waals surface area contributed by atoms with Gasteiger partial charge in [0.25, 0.3) is 0 Å². The molecular weight excluding hydrogens is 224 g/mol. The Balaban J connectivity index is 2.23. The number of aromatic nitrogens is 3. The zero-order valence-electron chi connectivity index (χ0n) is 10.8. The summed E-state index contributed by atoms with van der Waals surface area (Å²) in [5, 5.41) is 8.30. The van der Waals surface area contributed by atoms with Crippen molar-refractivity contribution in [2.24, 2.45) is 5.73 Å². The van der Waals surface area contributed by atoms with Crippen LogP contribution < -0.4 is 5.73 Å². The molecule has 0 aliphatic carbocycles. The monoisotopic (exact) mass is 242 g/mol. The molecule has 0 aromatic carbocycles. The summed E-state index contributed by atoms with van der Waals surface area (Å²) in [4.78, 5) is 4.11. The van der Waals surface area contributed by atoms with Crippen LogP contribution in [0.4, 0.5) is 0 Å². The van der Waals surface area contributed by atoms with Gasteiger partial charge in [0, 0.05) is 18.4 Å². The highest BCUT2D eigenvalue weighted by Crippen LogP contribution is 2.19. The molecule has 0 saturated carbocycles. The van der Waals surface area contributed by atoms with Gasteiger partial charge in [-0.25, -0.2) is 0 Å². The van der Waals surface area contributed by atoms with E-state index in [4.69, 9.17) is 5.73 Å². The average Bonchev–Trinajstić information content (AvgIpc) is 2.40. The van der Waals surface area contributed by atoms with E-state index in [1.165, 1.54) is 0 Å². The van der Waals surface area contributed by atoms with E-state index in [0.717, 1.165) is 35.4 Å². The fraction of sp³-hybridized carbons (Fsp3) is 0.357. The van der Waals surface area contributed by atoms with Crippen LogP contribution in [0, 0.1) is 6.92 Å². The molecule has 4 heteroatoms. The van der Waals surface area contributed by atoms with Crippen LogP contribution in [0.2, 0.25) is 0 Å². The molecule has 4 nitrogen and oxygen atoms in total. The lowest BCUT2D eigenvalue weighted by Gasteiger charge is -2.15. The number of rotatable bonds is 4. The van der Waals surface area contributed by atoms with Gasteiger partial charge in [-0.3, -0.25) is 4.98 Å². The molecule has 0 radical (unpaired) electrons. The van der Waals surface area contributed by atoms with Crippen molar-refractivity contribution in [3.8, 4) is 0 Å². The molecule has 2 heterocycles. The van der Waals surface area contributed by atoms with Crippen LogP contribution in [0.25, 0.3) is 0 Å². The Hall–Kier alpha value is -1.81. The molecule has 2 rings (SSSR count). The van der Waals surface area contributed by atoms with E-state index in [1.54, 1.807) is 6.20 Å². The quantitative estimate of drug-likeness (QED) is 0.890. The van der Waals surface area contributed by atoms with Crippen molar-refractivity contribution in [1.82, 2.24) is 15.2 Å². The fourth-order valence-corrected chi connectivity index (χ4v) is 2.01. The first-order valence-corrected chi connectivity index (χ1v) is 6.18. The van der Waals surface area contributed by atoms with Crippen molar-refractivity contribution in [2.75, 3.05) is 0 Å². The van der Waals surface area contributed by atoms with Gasteiger partial charge in [-0.05, 0) is 43.0 Å². The van der Waals surface area contributed by atoms with Crippen molar-refractivity contribution < 1.29 is 0 Å². The van der Waals surface area contributed by atoms with Gasteiger partial charge in [0.1, 0.15) is 0 Å². The zero-order valence-corrected chi connectivity index (χ0v) is 10.8. The number of nitrogens with two attached hydrogens (primary N) is 1. The third kappa shape index (κ3) is 2.90. The maximum absolute atomic E-state index is 6.28. The van der Waals surface area contributed by atoms with Gasteiger partial charge in [0.2, 0.25) is 0 Å². The van der Waals surface area contributed by atoms with Crippen LogP contribution in [-0.4, -0.2) is 15.2 Å². The summed E-state index contributed by atoms with van der Waals surface area (Å²) in [6, 6.07) is 5.95. The van der Waals surface area contributed by atoms with E-state index in [9.17, 15) is 0 Å². The molecule has 94 valence electrons. The zero-order chi connectivity index (χ0) is 13.0. The van der Waals surface area contributed by atoms with E-state index in [0.29, 0.717) is 0 Å². The minimum atomic E-state index is -0.0571. The predicted molar refractivity (Wildman–Crippen MR) is 71.0 cm³/mol. The molecule has 1 atom stereocenters. The van der Waals surface area contributed by atoms with Crippen molar-refractivity contribution in [1.29, 1.82) is 0 Å². The molecule has 0 bridgehead atoms. The van der Waals surface area contributed by atoms with Gasteiger partial charge in [0.15, 0.2) is 0 Å². The van der Waals surface area contributed by atoms with E-state index in [2.05, 4.69) is 22.1 Å². The largest absolute Gasteiger partial charge is 0.324 e. The highest BCUT2D eigenvalue weighted by atomic mass is 15.1. The van der Waals surface area contributed by atoms with Crippen LogP contribution >= 0.6 is 0 Å². The molecule has 0 aliphatic rings. The van der Waals surface area contributed by atoms with Crippen LogP contribution in [0.3, 0.4) is 0 Å². The number of hydrogen-bond donors (Lipinski definition) is 1. The van der Waals surface area contributed by atoms with Crippen molar-refractivity contribution in [3.05, 3.63) is 53.1 Å². The summed E-state index contributed by atoms with van der Waals surface area (Å²) in [5.74, 6) is 0. The third-order valence-corrected chi connectivity index (χ3v) is 2.94. The Morgan fingerprint density at radius 3 is 2.83 bits per heavy atom. The molecule has 0 spiro atoms. The van der Waals surface area contributed by atoms with E-state index in [-0.39, 0.29) is 6.04 Å². The topological polar surface area (TPSA) is 64.7 Å². The minimum absolute atomic E-state index is 0.0571. The Labute approximate surface area is 107 Å². The van der Waals surface area contributed by atoms with Crippen molar-refractivity contribution in [2.45, 2.75) is 32.7 Å². The third-order valence-electron chi connectivity index (χ3n) is 2.94. The smallest absolute Gasteiger partial charge is 0.0676 e. The summed E-state index contributed by atoms with van der Waals surface area (Å²) in [5.41, 5.74) is 10.4. The molecule has 2 aromatic heterocycles.